The van der Waals surface area contributed by atoms with Crippen LogP contribution >= 0.6 is 15.9 Å². The van der Waals surface area contributed by atoms with Gasteiger partial charge in [0.05, 0.1) is 47.0 Å². The number of nitrogens with zero attached hydrogens (tertiary/aromatic N) is 2. The molecule has 1 aliphatic rings. The van der Waals surface area contributed by atoms with Gasteiger partial charge >= 0.3 is 17.7 Å². The highest BCUT2D eigenvalue weighted by atomic mass is 79.9. The number of benzene rings is 2. The molecule has 0 unspecified atom stereocenters. The minimum Gasteiger partial charge on any atom is -0.490 e. The highest BCUT2D eigenvalue weighted by Gasteiger charge is 2.32. The van der Waals surface area contributed by atoms with Gasteiger partial charge in [0.15, 0.2) is 17.7 Å². The number of nitrogens with one attached hydrogen (secondary N) is 3. The Morgan fingerprint density at radius 3 is 2.64 bits per heavy atom. The van der Waals surface area contributed by atoms with Crippen molar-refractivity contribution in [3.63, 3.8) is 0 Å². The van der Waals surface area contributed by atoms with Gasteiger partial charge in [0.25, 0.3) is 0 Å². The highest BCUT2D eigenvalue weighted by Crippen LogP contribution is 2.37. The molecule has 4 N–H and O–H groups in total. The molecule has 15 heteroatoms. The van der Waals surface area contributed by atoms with E-state index in [-0.39, 0.29) is 29.7 Å². The number of halogens is 1. The second-order valence-corrected chi connectivity index (χ2v) is 10.0. The van der Waals surface area contributed by atoms with E-state index in [0.717, 1.165) is 0 Å². The fourth-order valence-corrected chi connectivity index (χ4v) is 4.54. The standard InChI is InChI=1S/C27H32BrN5O9/c1-6-40-21-11-17(24-23(26(35)39-5)15(4)30-27(36)31-24)7-8-20(21)41-13-22(34)32-29-12-16-9-18(28)25(42-14(2)3)19(10-16)33(37)38/h7-12,14,22,24,32,34H,6,13H2,1-5H3,(H2,30,31,36)/b29-12+/t22-,24+/m1/s1. The lowest BCUT2D eigenvalue weighted by Gasteiger charge is -2.28. The van der Waals surface area contributed by atoms with E-state index in [1.165, 1.54) is 19.4 Å². The quantitative estimate of drug-likeness (QED) is 0.0821. The normalized spacial score (nSPS) is 15.6. The van der Waals surface area contributed by atoms with E-state index in [4.69, 9.17) is 18.9 Å². The third-order valence-electron chi connectivity index (χ3n) is 5.71. The van der Waals surface area contributed by atoms with Crippen molar-refractivity contribution >= 4 is 39.8 Å². The van der Waals surface area contributed by atoms with Crippen LogP contribution in [0.15, 0.2) is 51.2 Å². The Kier molecular flexibility index (Phi) is 11.1. The number of methoxy groups -OCH3 is 1. The summed E-state index contributed by atoms with van der Waals surface area (Å²) in [6.45, 7) is 6.96. The molecule has 1 heterocycles. The number of carbonyl (C=O) groups excluding carboxylic acids is 2. The molecule has 0 bridgehead atoms. The maximum atomic E-state index is 12.4. The Morgan fingerprint density at radius 2 is 2.00 bits per heavy atom. The summed E-state index contributed by atoms with van der Waals surface area (Å²) < 4.78 is 22.3. The number of aliphatic hydroxyl groups excluding tert-OH is 1. The number of amides is 2. The van der Waals surface area contributed by atoms with E-state index in [2.05, 4.69) is 37.1 Å². The summed E-state index contributed by atoms with van der Waals surface area (Å²) in [5, 5.41) is 31.1. The monoisotopic (exact) mass is 649 g/mol. The second kappa shape index (κ2) is 14.5. The van der Waals surface area contributed by atoms with E-state index in [9.17, 15) is 24.8 Å². The molecule has 2 aromatic rings. The second-order valence-electron chi connectivity index (χ2n) is 9.19. The summed E-state index contributed by atoms with van der Waals surface area (Å²) in [6.07, 6.45) is -0.209. The Bertz CT molecular complexity index is 1400. The largest absolute Gasteiger partial charge is 0.490 e. The van der Waals surface area contributed by atoms with Crippen LogP contribution in [-0.2, 0) is 9.53 Å². The number of aliphatic hydroxyl groups is 1. The molecule has 2 aromatic carbocycles. The van der Waals surface area contributed by atoms with Crippen LogP contribution in [0.1, 0.15) is 44.9 Å². The molecule has 0 saturated heterocycles. The molecule has 0 spiro atoms. The number of nitro groups is 1. The molecule has 1 aliphatic heterocycles. The van der Waals surface area contributed by atoms with Gasteiger partial charge in [-0.2, -0.15) is 5.10 Å². The number of hydrogen-bond acceptors (Lipinski definition) is 11. The van der Waals surface area contributed by atoms with Crippen molar-refractivity contribution in [1.82, 2.24) is 16.1 Å². The molecule has 0 fully saturated rings. The summed E-state index contributed by atoms with van der Waals surface area (Å²) in [7, 11) is 1.25. The van der Waals surface area contributed by atoms with E-state index < -0.39 is 29.2 Å². The fourth-order valence-electron chi connectivity index (χ4n) is 3.98. The van der Waals surface area contributed by atoms with Crippen molar-refractivity contribution in [3.05, 3.63) is 67.3 Å². The first-order valence-corrected chi connectivity index (χ1v) is 13.6. The summed E-state index contributed by atoms with van der Waals surface area (Å²) in [6, 6.07) is 6.51. The van der Waals surface area contributed by atoms with Gasteiger partial charge in [0.1, 0.15) is 6.61 Å². The number of hydrogen-bond donors (Lipinski definition) is 4. The van der Waals surface area contributed by atoms with E-state index in [1.54, 1.807) is 52.0 Å². The highest BCUT2D eigenvalue weighted by molar-refractivity contribution is 9.10. The number of hydrazone groups is 1. The van der Waals surface area contributed by atoms with Gasteiger partial charge in [-0.1, -0.05) is 6.07 Å². The zero-order chi connectivity index (χ0) is 31.0. The zero-order valence-corrected chi connectivity index (χ0v) is 25.2. The molecular formula is C27H32BrN5O9. The number of rotatable bonds is 13. The molecule has 226 valence electrons. The van der Waals surface area contributed by atoms with Crippen molar-refractivity contribution in [3.8, 4) is 17.2 Å². The van der Waals surface area contributed by atoms with Crippen LogP contribution in [0.3, 0.4) is 0 Å². The zero-order valence-electron chi connectivity index (χ0n) is 23.6. The lowest BCUT2D eigenvalue weighted by atomic mass is 9.95. The number of esters is 1. The molecule has 42 heavy (non-hydrogen) atoms. The van der Waals surface area contributed by atoms with E-state index in [0.29, 0.717) is 39.4 Å². The minimum atomic E-state index is -1.25. The van der Waals surface area contributed by atoms with Gasteiger partial charge in [-0.05, 0) is 67.4 Å². The number of urea groups is 1. The fraction of sp³-hybridized carbons (Fsp3) is 0.370. The molecule has 14 nitrogen and oxygen atoms in total. The number of nitro benzene ring substituents is 1. The van der Waals surface area contributed by atoms with E-state index >= 15 is 0 Å². The average Bonchev–Trinajstić information content (AvgIpc) is 2.92. The molecule has 0 aliphatic carbocycles. The number of allylic oxidation sites excluding steroid dienone is 1. The predicted molar refractivity (Wildman–Crippen MR) is 156 cm³/mol. The first kappa shape index (κ1) is 32.1. The Morgan fingerprint density at radius 1 is 1.26 bits per heavy atom. The average molecular weight is 650 g/mol. The van der Waals surface area contributed by atoms with Crippen LogP contribution in [0.25, 0.3) is 0 Å². The molecule has 0 radical (unpaired) electrons. The predicted octanol–water partition coefficient (Wildman–Crippen LogP) is 3.67. The SMILES string of the molecule is CCOc1cc([C@@H]2NC(=O)NC(C)=C2C(=O)OC)ccc1OC[C@@H](O)N/N=C/c1cc(Br)c(OC(C)C)c([N+](=O)[O-])c1. The first-order valence-electron chi connectivity index (χ1n) is 12.8. The maximum Gasteiger partial charge on any atom is 0.337 e. The van der Waals surface area contributed by atoms with Gasteiger partial charge in [0.2, 0.25) is 5.75 Å². The summed E-state index contributed by atoms with van der Waals surface area (Å²) in [4.78, 5) is 35.5. The van der Waals surface area contributed by atoms with Gasteiger partial charge in [0, 0.05) is 17.3 Å². The summed E-state index contributed by atoms with van der Waals surface area (Å²) >= 11 is 3.29. The molecule has 0 aromatic heterocycles. The van der Waals surface area contributed by atoms with Crippen molar-refractivity contribution in [2.45, 2.75) is 46.1 Å². The smallest absolute Gasteiger partial charge is 0.337 e. The Labute approximate surface area is 250 Å². The minimum absolute atomic E-state index is 0.111. The molecule has 2 amide bonds. The topological polar surface area (TPSA) is 183 Å². The third kappa shape index (κ3) is 8.10. The van der Waals surface area contributed by atoms with Crippen molar-refractivity contribution in [2.75, 3.05) is 20.3 Å². The molecular weight excluding hydrogens is 618 g/mol. The van der Waals surface area contributed by atoms with Crippen LogP contribution in [0.2, 0.25) is 0 Å². The van der Waals surface area contributed by atoms with Crippen molar-refractivity contribution in [2.24, 2.45) is 5.10 Å². The van der Waals surface area contributed by atoms with Gasteiger partial charge in [-0.25, -0.2) is 9.59 Å². The molecule has 2 atom stereocenters. The third-order valence-corrected chi connectivity index (χ3v) is 6.29. The van der Waals surface area contributed by atoms with Crippen LogP contribution < -0.4 is 30.3 Å². The Balaban J connectivity index is 1.71. The number of ether oxygens (including phenoxy) is 4. The van der Waals surface area contributed by atoms with Gasteiger partial charge in [-0.15, -0.1) is 0 Å². The van der Waals surface area contributed by atoms with Crippen molar-refractivity contribution < 1.29 is 38.6 Å². The molecule has 0 saturated carbocycles. The summed E-state index contributed by atoms with van der Waals surface area (Å²) in [5.74, 6) is 0.132. The van der Waals surface area contributed by atoms with Gasteiger partial charge < -0.3 is 34.7 Å². The lowest BCUT2D eigenvalue weighted by molar-refractivity contribution is -0.386. The number of carbonyl (C=O) groups is 2. The Hall–Kier alpha value is -4.37. The first-order chi connectivity index (χ1) is 19.9. The lowest BCUT2D eigenvalue weighted by Crippen LogP contribution is -2.45. The van der Waals surface area contributed by atoms with Gasteiger partial charge in [-0.3, -0.25) is 15.5 Å². The van der Waals surface area contributed by atoms with Crippen LogP contribution in [0.4, 0.5) is 10.5 Å². The van der Waals surface area contributed by atoms with E-state index in [1.807, 2.05) is 0 Å². The summed E-state index contributed by atoms with van der Waals surface area (Å²) in [5.41, 5.74) is 3.81. The van der Waals surface area contributed by atoms with Crippen LogP contribution in [0, 0.1) is 10.1 Å². The molecule has 3 rings (SSSR count). The maximum absolute atomic E-state index is 12.4. The van der Waals surface area contributed by atoms with Crippen LogP contribution in [-0.4, -0.2) is 60.9 Å². The van der Waals surface area contributed by atoms with Crippen molar-refractivity contribution in [1.29, 1.82) is 0 Å². The van der Waals surface area contributed by atoms with Crippen LogP contribution in [0.5, 0.6) is 17.2 Å².